The summed E-state index contributed by atoms with van der Waals surface area (Å²) in [5, 5.41) is 11.8. The number of aliphatic hydroxyl groups is 1. The van der Waals surface area contributed by atoms with Crippen molar-refractivity contribution in [1.29, 1.82) is 0 Å². The van der Waals surface area contributed by atoms with Crippen LogP contribution in [0.2, 0.25) is 0 Å². The van der Waals surface area contributed by atoms with Gasteiger partial charge in [-0.05, 0) is 33.6 Å². The molecule has 0 aromatic heterocycles. The molecule has 2 N–H and O–H groups in total. The second-order valence-electron chi connectivity index (χ2n) is 4.70. The maximum atomic E-state index is 8.59. The zero-order chi connectivity index (χ0) is 9.90. The Labute approximate surface area is 80.5 Å². The van der Waals surface area contributed by atoms with E-state index < -0.39 is 0 Å². The minimum atomic E-state index is -0.0212. The van der Waals surface area contributed by atoms with Crippen molar-refractivity contribution in [3.63, 3.8) is 0 Å². The highest BCUT2D eigenvalue weighted by Gasteiger charge is 2.32. The van der Waals surface area contributed by atoms with E-state index in [1.165, 1.54) is 0 Å². The highest BCUT2D eigenvalue weighted by Crippen LogP contribution is 2.27. The quantitative estimate of drug-likeness (QED) is 0.687. The first-order valence-electron chi connectivity index (χ1n) is 5.03. The highest BCUT2D eigenvalue weighted by atomic mass is 16.5. The molecule has 0 amide bonds. The Bertz CT molecular complexity index is 147. The lowest BCUT2D eigenvalue weighted by molar-refractivity contribution is -0.102. The van der Waals surface area contributed by atoms with Gasteiger partial charge in [0.25, 0.3) is 0 Å². The van der Waals surface area contributed by atoms with E-state index in [9.17, 15) is 0 Å². The molecule has 0 radical (unpaired) electrons. The van der Waals surface area contributed by atoms with Gasteiger partial charge in [0.05, 0.1) is 18.3 Å². The van der Waals surface area contributed by atoms with Crippen LogP contribution in [0.1, 0.15) is 33.6 Å². The maximum absolute atomic E-state index is 8.59. The molecule has 1 aliphatic rings. The fraction of sp³-hybridized carbons (Fsp3) is 1.00. The zero-order valence-electron chi connectivity index (χ0n) is 8.84. The van der Waals surface area contributed by atoms with Gasteiger partial charge in [-0.15, -0.1) is 0 Å². The zero-order valence-corrected chi connectivity index (χ0v) is 8.84. The summed E-state index contributed by atoms with van der Waals surface area (Å²) < 4.78 is 5.78. The lowest BCUT2D eigenvalue weighted by atomic mass is 9.88. The summed E-state index contributed by atoms with van der Waals surface area (Å²) in [5.41, 5.74) is -0.0212. The van der Waals surface area contributed by atoms with Gasteiger partial charge < -0.3 is 15.2 Å². The molecular formula is C10H21NO2. The van der Waals surface area contributed by atoms with E-state index >= 15 is 0 Å². The average molecular weight is 187 g/mol. The minimum Gasteiger partial charge on any atom is -0.395 e. The second-order valence-corrected chi connectivity index (χ2v) is 4.70. The molecule has 78 valence electrons. The average Bonchev–Trinajstić information content (AvgIpc) is 1.91. The Morgan fingerprint density at radius 2 is 2.00 bits per heavy atom. The molecule has 3 heteroatoms. The molecule has 0 bridgehead atoms. The van der Waals surface area contributed by atoms with Gasteiger partial charge in [0.15, 0.2) is 0 Å². The van der Waals surface area contributed by atoms with Crippen LogP contribution in [-0.4, -0.2) is 36.0 Å². The van der Waals surface area contributed by atoms with Crippen molar-refractivity contribution in [1.82, 2.24) is 5.32 Å². The van der Waals surface area contributed by atoms with E-state index in [1.807, 2.05) is 0 Å². The third kappa shape index (κ3) is 4.07. The van der Waals surface area contributed by atoms with Crippen LogP contribution in [-0.2, 0) is 4.74 Å². The predicted molar refractivity (Wildman–Crippen MR) is 52.7 cm³/mol. The molecule has 0 atom stereocenters. The Hall–Kier alpha value is -0.120. The Kier molecular flexibility index (Phi) is 3.71. The summed E-state index contributed by atoms with van der Waals surface area (Å²) in [4.78, 5) is 0. The standard InChI is InChI=1S/C10H21NO2/c1-10(2,3)13-9-6-8(7-9)11-4-5-12/h8-9,11-12H,4-7H2,1-3H3. The minimum absolute atomic E-state index is 0.0212. The molecule has 0 aliphatic heterocycles. The predicted octanol–water partition coefficient (Wildman–Crippen LogP) is 0.914. The van der Waals surface area contributed by atoms with Crippen LogP contribution in [0.4, 0.5) is 0 Å². The highest BCUT2D eigenvalue weighted by molar-refractivity contribution is 4.87. The van der Waals surface area contributed by atoms with Crippen molar-refractivity contribution in [2.75, 3.05) is 13.2 Å². The number of hydrogen-bond acceptors (Lipinski definition) is 3. The van der Waals surface area contributed by atoms with Crippen LogP contribution in [0.25, 0.3) is 0 Å². The van der Waals surface area contributed by atoms with Gasteiger partial charge in [-0.2, -0.15) is 0 Å². The van der Waals surface area contributed by atoms with Gasteiger partial charge in [0.2, 0.25) is 0 Å². The number of nitrogens with one attached hydrogen (secondary N) is 1. The summed E-state index contributed by atoms with van der Waals surface area (Å²) in [6, 6.07) is 0.555. The molecule has 0 aromatic rings. The summed E-state index contributed by atoms with van der Waals surface area (Å²) in [6.45, 7) is 7.18. The number of hydrogen-bond donors (Lipinski definition) is 2. The van der Waals surface area contributed by atoms with Crippen molar-refractivity contribution in [2.45, 2.75) is 51.4 Å². The molecule has 0 aromatic carbocycles. The lowest BCUT2D eigenvalue weighted by Crippen LogP contribution is -2.48. The van der Waals surface area contributed by atoms with E-state index in [1.54, 1.807) is 0 Å². The molecular weight excluding hydrogens is 166 g/mol. The van der Waals surface area contributed by atoms with Crippen LogP contribution in [0.5, 0.6) is 0 Å². The van der Waals surface area contributed by atoms with Crippen LogP contribution in [0.3, 0.4) is 0 Å². The fourth-order valence-electron chi connectivity index (χ4n) is 1.60. The first kappa shape index (κ1) is 11.0. The largest absolute Gasteiger partial charge is 0.395 e. The monoisotopic (exact) mass is 187 g/mol. The van der Waals surface area contributed by atoms with E-state index in [0.29, 0.717) is 18.7 Å². The van der Waals surface area contributed by atoms with E-state index in [-0.39, 0.29) is 12.2 Å². The lowest BCUT2D eigenvalue weighted by Gasteiger charge is -2.39. The molecule has 0 saturated heterocycles. The molecule has 1 aliphatic carbocycles. The van der Waals surface area contributed by atoms with Crippen molar-refractivity contribution in [2.24, 2.45) is 0 Å². The normalized spacial score (nSPS) is 28.6. The molecule has 13 heavy (non-hydrogen) atoms. The number of aliphatic hydroxyl groups excluding tert-OH is 1. The van der Waals surface area contributed by atoms with Gasteiger partial charge >= 0.3 is 0 Å². The molecule has 3 nitrogen and oxygen atoms in total. The third-order valence-electron chi connectivity index (χ3n) is 2.16. The number of ether oxygens (including phenoxy) is 1. The molecule has 1 fully saturated rings. The third-order valence-corrected chi connectivity index (χ3v) is 2.16. The maximum Gasteiger partial charge on any atom is 0.0612 e. The molecule has 1 saturated carbocycles. The van der Waals surface area contributed by atoms with Crippen LogP contribution in [0, 0.1) is 0 Å². The Morgan fingerprint density at radius 3 is 2.46 bits per heavy atom. The van der Waals surface area contributed by atoms with E-state index in [4.69, 9.17) is 9.84 Å². The first-order chi connectivity index (χ1) is 6.01. The molecule has 0 unspecified atom stereocenters. The van der Waals surface area contributed by atoms with Crippen molar-refractivity contribution >= 4 is 0 Å². The SMILES string of the molecule is CC(C)(C)OC1CC(NCCO)C1. The van der Waals surface area contributed by atoms with Crippen LogP contribution in [0.15, 0.2) is 0 Å². The van der Waals surface area contributed by atoms with Gasteiger partial charge in [0, 0.05) is 12.6 Å². The van der Waals surface area contributed by atoms with E-state index in [2.05, 4.69) is 26.1 Å². The van der Waals surface area contributed by atoms with Crippen LogP contribution < -0.4 is 5.32 Å². The smallest absolute Gasteiger partial charge is 0.0612 e. The van der Waals surface area contributed by atoms with Gasteiger partial charge in [-0.3, -0.25) is 0 Å². The fourth-order valence-corrected chi connectivity index (χ4v) is 1.60. The second kappa shape index (κ2) is 4.40. The molecule has 1 rings (SSSR count). The topological polar surface area (TPSA) is 41.5 Å². The summed E-state index contributed by atoms with van der Waals surface area (Å²) in [6.07, 6.45) is 2.57. The van der Waals surface area contributed by atoms with Crippen molar-refractivity contribution in [3.8, 4) is 0 Å². The Balaban J connectivity index is 2.05. The van der Waals surface area contributed by atoms with Gasteiger partial charge in [-0.1, -0.05) is 0 Å². The summed E-state index contributed by atoms with van der Waals surface area (Å²) in [7, 11) is 0. The summed E-state index contributed by atoms with van der Waals surface area (Å²) >= 11 is 0. The van der Waals surface area contributed by atoms with Gasteiger partial charge in [0.1, 0.15) is 0 Å². The van der Waals surface area contributed by atoms with E-state index in [0.717, 1.165) is 12.8 Å². The number of rotatable bonds is 4. The summed E-state index contributed by atoms with van der Waals surface area (Å²) in [5.74, 6) is 0. The Morgan fingerprint density at radius 1 is 1.38 bits per heavy atom. The first-order valence-corrected chi connectivity index (χ1v) is 5.03. The van der Waals surface area contributed by atoms with Crippen LogP contribution >= 0.6 is 0 Å². The molecule has 0 spiro atoms. The molecule has 0 heterocycles. The van der Waals surface area contributed by atoms with Crippen molar-refractivity contribution < 1.29 is 9.84 Å². The van der Waals surface area contributed by atoms with Gasteiger partial charge in [-0.25, -0.2) is 0 Å². The van der Waals surface area contributed by atoms with Crippen molar-refractivity contribution in [3.05, 3.63) is 0 Å².